The molecule has 1 aliphatic heterocycles. The van der Waals surface area contributed by atoms with E-state index in [0.717, 1.165) is 49.8 Å². The van der Waals surface area contributed by atoms with Crippen LogP contribution in [0.1, 0.15) is 28.7 Å². The van der Waals surface area contributed by atoms with Crippen molar-refractivity contribution in [3.63, 3.8) is 0 Å². The molecule has 0 radical (unpaired) electrons. The number of hydrogen-bond donors (Lipinski definition) is 2. The molecule has 0 saturated carbocycles. The van der Waals surface area contributed by atoms with E-state index in [1.165, 1.54) is 11.3 Å². The van der Waals surface area contributed by atoms with Gasteiger partial charge in [0.05, 0.1) is 5.69 Å². The van der Waals surface area contributed by atoms with Gasteiger partial charge in [0.25, 0.3) is 0 Å². The first-order chi connectivity index (χ1) is 8.22. The summed E-state index contributed by atoms with van der Waals surface area (Å²) in [5, 5.41) is 13.3. The summed E-state index contributed by atoms with van der Waals surface area (Å²) in [6, 6.07) is 0. The number of hydrogen-bond acceptors (Lipinski definition) is 5. The van der Waals surface area contributed by atoms with Crippen LogP contribution in [0.2, 0.25) is 0 Å². The molecule has 17 heavy (non-hydrogen) atoms. The minimum Gasteiger partial charge on any atom is -0.477 e. The number of piperazine rings is 1. The topological polar surface area (TPSA) is 65.5 Å². The molecule has 1 aromatic rings. The molecule has 0 aromatic carbocycles. The molecule has 0 unspecified atom stereocenters. The van der Waals surface area contributed by atoms with E-state index in [1.807, 2.05) is 6.92 Å². The zero-order valence-electron chi connectivity index (χ0n) is 9.90. The van der Waals surface area contributed by atoms with Gasteiger partial charge in [-0.05, 0) is 6.42 Å². The Morgan fingerprint density at radius 2 is 2.24 bits per heavy atom. The summed E-state index contributed by atoms with van der Waals surface area (Å²) in [6.07, 6.45) is 1.66. The van der Waals surface area contributed by atoms with Crippen molar-refractivity contribution in [2.45, 2.75) is 19.8 Å². The molecule has 6 heteroatoms. The third-order valence-electron chi connectivity index (χ3n) is 2.75. The molecule has 0 bridgehead atoms. The number of carboxylic acids is 1. The first-order valence-electron chi connectivity index (χ1n) is 5.91. The van der Waals surface area contributed by atoms with Crippen molar-refractivity contribution in [3.8, 4) is 0 Å². The Morgan fingerprint density at radius 3 is 2.82 bits per heavy atom. The molecular formula is C11H17N3O2S. The van der Waals surface area contributed by atoms with Crippen LogP contribution in [0.3, 0.4) is 0 Å². The maximum absolute atomic E-state index is 11.1. The second-order valence-corrected chi connectivity index (χ2v) is 5.04. The molecule has 0 aliphatic carbocycles. The lowest BCUT2D eigenvalue weighted by atomic mass is 10.2. The number of nitrogens with zero attached hydrogens (tertiary/aromatic N) is 2. The maximum Gasteiger partial charge on any atom is 0.347 e. The third kappa shape index (κ3) is 2.76. The maximum atomic E-state index is 11.1. The van der Waals surface area contributed by atoms with E-state index in [0.29, 0.717) is 4.88 Å². The smallest absolute Gasteiger partial charge is 0.347 e. The van der Waals surface area contributed by atoms with Crippen molar-refractivity contribution in [2.75, 3.05) is 31.1 Å². The first kappa shape index (κ1) is 12.3. The van der Waals surface area contributed by atoms with Gasteiger partial charge in [0.15, 0.2) is 5.13 Å². The molecule has 2 N–H and O–H groups in total. The van der Waals surface area contributed by atoms with Gasteiger partial charge in [0, 0.05) is 26.2 Å². The van der Waals surface area contributed by atoms with Crippen LogP contribution < -0.4 is 10.2 Å². The SMILES string of the molecule is CCCc1nc(N2CCNCC2)sc1C(=O)O. The van der Waals surface area contributed by atoms with Gasteiger partial charge in [0.2, 0.25) is 0 Å². The van der Waals surface area contributed by atoms with Crippen LogP contribution in [0.4, 0.5) is 5.13 Å². The zero-order chi connectivity index (χ0) is 12.3. The molecule has 2 heterocycles. The molecule has 5 nitrogen and oxygen atoms in total. The molecule has 0 amide bonds. The predicted molar refractivity (Wildman–Crippen MR) is 68.2 cm³/mol. The van der Waals surface area contributed by atoms with E-state index in [1.54, 1.807) is 0 Å². The first-order valence-corrected chi connectivity index (χ1v) is 6.72. The summed E-state index contributed by atoms with van der Waals surface area (Å²) in [5.41, 5.74) is 0.735. The van der Waals surface area contributed by atoms with Crippen molar-refractivity contribution in [1.82, 2.24) is 10.3 Å². The fraction of sp³-hybridized carbons (Fsp3) is 0.636. The molecule has 94 valence electrons. The molecule has 0 spiro atoms. The van der Waals surface area contributed by atoms with Gasteiger partial charge >= 0.3 is 5.97 Å². The van der Waals surface area contributed by atoms with E-state index < -0.39 is 5.97 Å². The van der Waals surface area contributed by atoms with Crippen molar-refractivity contribution < 1.29 is 9.90 Å². The quantitative estimate of drug-likeness (QED) is 0.846. The average molecular weight is 255 g/mol. The van der Waals surface area contributed by atoms with Gasteiger partial charge in [0.1, 0.15) is 4.88 Å². The van der Waals surface area contributed by atoms with E-state index in [9.17, 15) is 4.79 Å². The van der Waals surface area contributed by atoms with Crippen LogP contribution in [-0.4, -0.2) is 42.2 Å². The van der Waals surface area contributed by atoms with Crippen LogP contribution in [-0.2, 0) is 6.42 Å². The molecule has 2 rings (SSSR count). The molecule has 1 saturated heterocycles. The lowest BCUT2D eigenvalue weighted by Gasteiger charge is -2.26. The highest BCUT2D eigenvalue weighted by Crippen LogP contribution is 2.27. The predicted octanol–water partition coefficient (Wildman–Crippen LogP) is 1.20. The number of aryl methyl sites for hydroxylation is 1. The number of carbonyl (C=O) groups is 1. The average Bonchev–Trinajstić information content (AvgIpc) is 2.75. The van der Waals surface area contributed by atoms with Crippen LogP contribution in [0, 0.1) is 0 Å². The summed E-state index contributed by atoms with van der Waals surface area (Å²) in [6.45, 7) is 5.71. The summed E-state index contributed by atoms with van der Waals surface area (Å²) in [7, 11) is 0. The summed E-state index contributed by atoms with van der Waals surface area (Å²) in [5.74, 6) is -0.854. The minimum absolute atomic E-state index is 0.403. The highest BCUT2D eigenvalue weighted by molar-refractivity contribution is 7.17. The number of anilines is 1. The summed E-state index contributed by atoms with van der Waals surface area (Å²) >= 11 is 1.30. The largest absolute Gasteiger partial charge is 0.477 e. The molecule has 1 aliphatic rings. The van der Waals surface area contributed by atoms with Gasteiger partial charge in [-0.1, -0.05) is 24.7 Å². The Balaban J connectivity index is 2.22. The number of rotatable bonds is 4. The Bertz CT molecular complexity index is 399. The fourth-order valence-electron chi connectivity index (χ4n) is 1.90. The number of aromatic nitrogens is 1. The van der Waals surface area contributed by atoms with Gasteiger partial charge in [-0.15, -0.1) is 0 Å². The standard InChI is InChI=1S/C11H17N3O2S/c1-2-3-8-9(10(15)16)17-11(13-8)14-6-4-12-5-7-14/h12H,2-7H2,1H3,(H,15,16). The van der Waals surface area contributed by atoms with Crippen LogP contribution in [0.25, 0.3) is 0 Å². The van der Waals surface area contributed by atoms with Crippen molar-refractivity contribution in [1.29, 1.82) is 0 Å². The highest BCUT2D eigenvalue weighted by atomic mass is 32.1. The Labute approximate surface area is 104 Å². The fourth-order valence-corrected chi connectivity index (χ4v) is 2.91. The third-order valence-corrected chi connectivity index (χ3v) is 3.90. The zero-order valence-corrected chi connectivity index (χ0v) is 10.7. The van der Waals surface area contributed by atoms with E-state index in [-0.39, 0.29) is 0 Å². The Kier molecular flexibility index (Phi) is 3.96. The van der Waals surface area contributed by atoms with Crippen LogP contribution >= 0.6 is 11.3 Å². The van der Waals surface area contributed by atoms with Crippen molar-refractivity contribution in [3.05, 3.63) is 10.6 Å². The lowest BCUT2D eigenvalue weighted by Crippen LogP contribution is -2.43. The Morgan fingerprint density at radius 1 is 1.53 bits per heavy atom. The van der Waals surface area contributed by atoms with Crippen molar-refractivity contribution in [2.24, 2.45) is 0 Å². The van der Waals surface area contributed by atoms with E-state index in [2.05, 4.69) is 15.2 Å². The number of carboxylic acid groups (broad SMARTS) is 1. The van der Waals surface area contributed by atoms with E-state index >= 15 is 0 Å². The summed E-state index contributed by atoms with van der Waals surface area (Å²) < 4.78 is 0. The van der Waals surface area contributed by atoms with Gasteiger partial charge in [-0.25, -0.2) is 9.78 Å². The minimum atomic E-state index is -0.854. The van der Waals surface area contributed by atoms with Crippen LogP contribution in [0.15, 0.2) is 0 Å². The van der Waals surface area contributed by atoms with Gasteiger partial charge < -0.3 is 15.3 Å². The van der Waals surface area contributed by atoms with Crippen molar-refractivity contribution >= 4 is 22.4 Å². The normalized spacial score (nSPS) is 16.2. The van der Waals surface area contributed by atoms with Crippen LogP contribution in [0.5, 0.6) is 0 Å². The monoisotopic (exact) mass is 255 g/mol. The number of aromatic carboxylic acids is 1. The Hall–Kier alpha value is -1.14. The molecule has 1 fully saturated rings. The van der Waals surface area contributed by atoms with E-state index in [4.69, 9.17) is 5.11 Å². The number of thiazole rings is 1. The second kappa shape index (κ2) is 5.46. The summed E-state index contributed by atoms with van der Waals surface area (Å²) in [4.78, 5) is 18.2. The lowest BCUT2D eigenvalue weighted by molar-refractivity contribution is 0.0700. The van der Waals surface area contributed by atoms with Gasteiger partial charge in [-0.2, -0.15) is 0 Å². The number of nitrogens with one attached hydrogen (secondary N) is 1. The molecule has 1 aromatic heterocycles. The van der Waals surface area contributed by atoms with Gasteiger partial charge in [-0.3, -0.25) is 0 Å². The second-order valence-electron chi connectivity index (χ2n) is 4.06. The molecular weight excluding hydrogens is 238 g/mol. The highest BCUT2D eigenvalue weighted by Gasteiger charge is 2.20. The molecule has 0 atom stereocenters.